The molecule has 0 amide bonds. The fraction of sp³-hybridized carbons (Fsp3) is 0.333. The molecule has 0 aliphatic heterocycles. The molecule has 1 nitrogen and oxygen atoms in total. The van der Waals surface area contributed by atoms with Crippen LogP contribution < -0.4 is 25.1 Å². The smallest absolute Gasteiger partial charge is 1.00 e. The Morgan fingerprint density at radius 2 is 1.85 bits per heavy atom. The molecule has 0 spiro atoms. The third kappa shape index (κ3) is 5.72. The van der Waals surface area contributed by atoms with E-state index in [9.17, 15) is 0 Å². The van der Waals surface area contributed by atoms with E-state index in [4.69, 9.17) is 4.43 Å². The minimum atomic E-state index is -1.42. The van der Waals surface area contributed by atoms with Gasteiger partial charge in [0.15, 0.2) is 0 Å². The van der Waals surface area contributed by atoms with Gasteiger partial charge in [0.1, 0.15) is 0 Å². The third-order valence-electron chi connectivity index (χ3n) is 1.32. The average molecular weight is 269 g/mol. The summed E-state index contributed by atoms with van der Waals surface area (Å²) in [6, 6.07) is 8.25. The van der Waals surface area contributed by atoms with E-state index in [0.29, 0.717) is 0 Å². The normalized spacial score (nSPS) is 10.5. The van der Waals surface area contributed by atoms with Crippen molar-refractivity contribution in [3.8, 4) is 5.75 Å². The molecule has 0 N–H and O–H groups in total. The molecule has 0 fully saturated rings. The zero-order valence-corrected chi connectivity index (χ0v) is 12.3. The third-order valence-corrected chi connectivity index (χ3v) is 2.61. The number of benzene rings is 1. The Morgan fingerprint density at radius 1 is 1.23 bits per heavy atom. The largest absolute Gasteiger partial charge is 1.00 e. The molecule has 1 rings (SSSR count). The van der Waals surface area contributed by atoms with E-state index in [-0.39, 0.29) is 17.0 Å². The molecular weight excluding hydrogens is 256 g/mol. The van der Waals surface area contributed by atoms with Crippen LogP contribution >= 0.6 is 0 Å². The van der Waals surface area contributed by atoms with Gasteiger partial charge in [-0.3, -0.25) is 0 Å². The Morgan fingerprint density at radius 3 is 2.31 bits per heavy atom. The summed E-state index contributed by atoms with van der Waals surface area (Å²) in [6.07, 6.45) is 0. The molecule has 0 aliphatic carbocycles. The Bertz CT molecular complexity index is 273. The van der Waals surface area contributed by atoms with Gasteiger partial charge in [0, 0.05) is 0 Å². The summed E-state index contributed by atoms with van der Waals surface area (Å²) in [5.74, 6) is 1.02. The van der Waals surface area contributed by atoms with Crippen molar-refractivity contribution in [2.24, 2.45) is 0 Å². The first-order chi connectivity index (χ1) is 5.47. The molecule has 68 valence electrons. The first kappa shape index (κ1) is 13.5. The quantitative estimate of drug-likeness (QED) is 0.607. The molecule has 0 unspecified atom stereocenters. The van der Waals surface area contributed by atoms with Gasteiger partial charge >= 0.3 is 87.8 Å². The van der Waals surface area contributed by atoms with E-state index in [1.165, 1.54) is 3.69 Å². The van der Waals surface area contributed by atoms with Crippen molar-refractivity contribution >= 4 is 33.7 Å². The molecule has 0 saturated heterocycles. The van der Waals surface area contributed by atoms with E-state index in [1.54, 1.807) is 0 Å². The number of hydrogen-bond acceptors (Lipinski definition) is 1. The van der Waals surface area contributed by atoms with Gasteiger partial charge in [0.25, 0.3) is 0 Å². The summed E-state index contributed by atoms with van der Waals surface area (Å²) in [5, 5.41) is 0. The molecule has 1 aromatic carbocycles. The second-order valence-corrected chi connectivity index (χ2v) is 9.11. The van der Waals surface area contributed by atoms with Crippen molar-refractivity contribution in [2.75, 3.05) is 0 Å². The predicted octanol–water partition coefficient (Wildman–Crippen LogP) is -1.30. The van der Waals surface area contributed by atoms with Crippen LogP contribution in [0.4, 0.5) is 0 Å². The summed E-state index contributed by atoms with van der Waals surface area (Å²) in [5.41, 5.74) is 0. The van der Waals surface area contributed by atoms with Crippen LogP contribution in [-0.4, -0.2) is 30.0 Å². The Balaban J connectivity index is 0.00000144. The van der Waals surface area contributed by atoms with Gasteiger partial charge in [-0.1, -0.05) is 0 Å². The van der Waals surface area contributed by atoms with Gasteiger partial charge in [-0.05, 0) is 0 Å². The van der Waals surface area contributed by atoms with Crippen molar-refractivity contribution in [3.63, 3.8) is 0 Å². The summed E-state index contributed by atoms with van der Waals surface area (Å²) in [7, 11) is -1.42. The maximum atomic E-state index is 5.83. The molecule has 13 heavy (non-hydrogen) atoms. The van der Waals surface area contributed by atoms with Gasteiger partial charge in [-0.2, -0.15) is 0 Å². The SMILES string of the molecule is C[Si](C)(C)Oc1ccc[c]([Mg+])c1.[Br-]. The summed E-state index contributed by atoms with van der Waals surface area (Å²) >= 11 is 1.88. The maximum absolute atomic E-state index is 5.83. The topological polar surface area (TPSA) is 9.23 Å². The second kappa shape index (κ2) is 5.39. The van der Waals surface area contributed by atoms with Crippen LogP contribution in [-0.2, 0) is 0 Å². The fourth-order valence-corrected chi connectivity index (χ4v) is 2.13. The molecule has 0 bridgehead atoms. The van der Waals surface area contributed by atoms with Crippen LogP contribution in [0.15, 0.2) is 24.3 Å². The van der Waals surface area contributed by atoms with Crippen molar-refractivity contribution in [1.29, 1.82) is 0 Å². The van der Waals surface area contributed by atoms with E-state index in [2.05, 4.69) is 31.8 Å². The first-order valence-corrected chi connectivity index (χ1v) is 8.20. The van der Waals surface area contributed by atoms with Crippen molar-refractivity contribution in [2.45, 2.75) is 19.6 Å². The van der Waals surface area contributed by atoms with Crippen LogP contribution in [0.25, 0.3) is 0 Å². The van der Waals surface area contributed by atoms with Crippen LogP contribution in [0.5, 0.6) is 5.75 Å². The Labute approximate surface area is 104 Å². The average Bonchev–Trinajstić information content (AvgIpc) is 1.82. The van der Waals surface area contributed by atoms with Crippen molar-refractivity contribution in [3.05, 3.63) is 24.3 Å². The van der Waals surface area contributed by atoms with Crippen LogP contribution in [0.2, 0.25) is 19.6 Å². The molecule has 1 aromatic rings. The maximum Gasteiger partial charge on any atom is -1.00 e. The van der Waals surface area contributed by atoms with E-state index < -0.39 is 8.32 Å². The predicted molar refractivity (Wildman–Crippen MR) is 55.8 cm³/mol. The number of halogens is 1. The minimum absolute atomic E-state index is 0. The van der Waals surface area contributed by atoms with Gasteiger partial charge in [0.05, 0.1) is 0 Å². The van der Waals surface area contributed by atoms with Crippen LogP contribution in [0.1, 0.15) is 0 Å². The molecule has 0 aliphatic rings. The van der Waals surface area contributed by atoms with Gasteiger partial charge in [-0.25, -0.2) is 0 Å². The summed E-state index contributed by atoms with van der Waals surface area (Å²) in [6.45, 7) is 6.58. The van der Waals surface area contributed by atoms with E-state index in [1.807, 2.05) is 33.8 Å². The van der Waals surface area contributed by atoms with E-state index >= 15 is 0 Å². The standard InChI is InChI=1S/C9H13OSi.BrH.Mg/c1-11(2,3)10-9-7-5-4-6-8-9;;/h4-5,7-8H,1-3H3;1H;/q;;+1/p-1. The summed E-state index contributed by atoms with van der Waals surface area (Å²) < 4.78 is 7.11. The second-order valence-electron chi connectivity index (χ2n) is 3.86. The molecule has 0 heterocycles. The fourth-order valence-electron chi connectivity index (χ4n) is 0.963. The molecule has 0 aromatic heterocycles. The van der Waals surface area contributed by atoms with Crippen molar-refractivity contribution in [1.82, 2.24) is 0 Å². The van der Waals surface area contributed by atoms with Gasteiger partial charge < -0.3 is 17.0 Å². The molecular formula is C9H13BrMgOSi. The molecule has 0 atom stereocenters. The number of hydrogen-bond donors (Lipinski definition) is 0. The van der Waals surface area contributed by atoms with Crippen LogP contribution in [0, 0.1) is 0 Å². The monoisotopic (exact) mass is 268 g/mol. The molecule has 0 radical (unpaired) electrons. The zero-order chi connectivity index (χ0) is 9.19. The van der Waals surface area contributed by atoms with E-state index in [0.717, 1.165) is 5.75 Å². The molecule has 4 heteroatoms. The minimum Gasteiger partial charge on any atom is -1.00 e. The van der Waals surface area contributed by atoms with Crippen LogP contribution in [0.3, 0.4) is 0 Å². The summed E-state index contributed by atoms with van der Waals surface area (Å²) in [4.78, 5) is 0. The Kier molecular flexibility index (Phi) is 5.59. The molecule has 0 saturated carbocycles. The van der Waals surface area contributed by atoms with Gasteiger partial charge in [-0.15, -0.1) is 0 Å². The van der Waals surface area contributed by atoms with Crippen molar-refractivity contribution < 1.29 is 21.4 Å². The Hall–Kier alpha value is 0.483. The zero-order valence-electron chi connectivity index (χ0n) is 8.30. The van der Waals surface area contributed by atoms with Gasteiger partial charge in [0.2, 0.25) is 0 Å². The number of rotatable bonds is 2. The first-order valence-electron chi connectivity index (χ1n) is 4.08.